The van der Waals surface area contributed by atoms with Gasteiger partial charge in [-0.3, -0.25) is 0 Å². The largest absolute Gasteiger partial charge is 0.544 e. The van der Waals surface area contributed by atoms with Gasteiger partial charge in [0.25, 0.3) is 0 Å². The van der Waals surface area contributed by atoms with Crippen LogP contribution in [-0.4, -0.2) is 94.1 Å². The number of aliphatic hydroxyl groups is 4. The van der Waals surface area contributed by atoms with E-state index in [1.54, 1.807) is 5.32 Å². The number of fused-ring (bicyclic) bond motifs is 3. The number of hydrogen-bond acceptors (Lipinski definition) is 11. The zero-order valence-corrected chi connectivity index (χ0v) is 22.3. The van der Waals surface area contributed by atoms with Crippen LogP contribution in [0.2, 0.25) is 0 Å². The molecule has 1 aromatic carbocycles. The van der Waals surface area contributed by atoms with E-state index in [-0.39, 0.29) is 18.4 Å². The molecule has 3 aliphatic rings. The van der Waals surface area contributed by atoms with E-state index >= 15 is 0 Å². The highest BCUT2D eigenvalue weighted by molar-refractivity contribution is 5.89. The maximum absolute atomic E-state index is 12.8. The van der Waals surface area contributed by atoms with Crippen molar-refractivity contribution in [1.82, 2.24) is 4.98 Å². The maximum Gasteiger partial charge on any atom is 0.337 e. The van der Waals surface area contributed by atoms with Gasteiger partial charge in [0, 0.05) is 35.6 Å². The number of aromatic amines is 1. The van der Waals surface area contributed by atoms with Gasteiger partial charge < -0.3 is 59.6 Å². The molecule has 222 valence electrons. The number of para-hydroxylation sites is 1. The highest BCUT2D eigenvalue weighted by Gasteiger charge is 2.48. The number of nitrogens with two attached hydrogens (primary N) is 1. The Morgan fingerprint density at radius 1 is 1.20 bits per heavy atom. The van der Waals surface area contributed by atoms with Crippen LogP contribution in [0.1, 0.15) is 23.7 Å². The summed E-state index contributed by atoms with van der Waals surface area (Å²) in [5.74, 6) is -3.24. The van der Waals surface area contributed by atoms with E-state index in [4.69, 9.17) is 18.9 Å². The number of methoxy groups -OCH3 is 1. The van der Waals surface area contributed by atoms with Crippen LogP contribution in [0.15, 0.2) is 48.8 Å². The molecule has 0 saturated carbocycles. The van der Waals surface area contributed by atoms with E-state index in [0.717, 1.165) is 22.2 Å². The van der Waals surface area contributed by atoms with Crippen LogP contribution in [-0.2, 0) is 35.0 Å². The Balaban J connectivity index is 1.47. The third-order valence-electron chi connectivity index (χ3n) is 8.23. The second-order valence-corrected chi connectivity index (χ2v) is 10.5. The fourth-order valence-corrected chi connectivity index (χ4v) is 6.08. The van der Waals surface area contributed by atoms with Gasteiger partial charge in [0.05, 0.1) is 37.2 Å². The number of carbonyl (C=O) groups is 2. The van der Waals surface area contributed by atoms with Crippen LogP contribution in [0.5, 0.6) is 0 Å². The van der Waals surface area contributed by atoms with Crippen LogP contribution >= 0.6 is 0 Å². The van der Waals surface area contributed by atoms with Gasteiger partial charge in [-0.2, -0.15) is 0 Å². The second-order valence-electron chi connectivity index (χ2n) is 10.5. The molecule has 7 N–H and O–H groups in total. The number of aliphatic carboxylic acids is 1. The highest BCUT2D eigenvalue weighted by atomic mass is 16.8. The van der Waals surface area contributed by atoms with E-state index < -0.39 is 79.5 Å². The molecular formula is C28H34N2O11. The van der Waals surface area contributed by atoms with Crippen molar-refractivity contribution in [2.24, 2.45) is 11.8 Å². The Hall–Kier alpha value is -3.30. The minimum atomic E-state index is -1.67. The SMILES string of the molecule is C=C[C@H]1[C@H](O[C@H]2O[C@@H](CO)[C@H](O)[C@@H](O)[C@@H]2O)OC=C(C(=O)OC)[C@H]1C[C@@H]1[NH2+]C(C(=O)[O-])Cc2c1[nH]c1ccccc21. The van der Waals surface area contributed by atoms with Crippen molar-refractivity contribution in [3.63, 3.8) is 0 Å². The van der Waals surface area contributed by atoms with Gasteiger partial charge in [0.2, 0.25) is 6.29 Å². The zero-order valence-electron chi connectivity index (χ0n) is 22.3. The lowest BCUT2D eigenvalue weighted by Crippen LogP contribution is -2.95. The number of H-pyrrole nitrogens is 1. The van der Waals surface area contributed by atoms with Crippen LogP contribution in [0.25, 0.3) is 10.9 Å². The van der Waals surface area contributed by atoms with Gasteiger partial charge >= 0.3 is 5.97 Å². The van der Waals surface area contributed by atoms with Gasteiger partial charge in [-0.05, 0) is 11.6 Å². The number of aromatic nitrogens is 1. The Kier molecular flexibility index (Phi) is 8.47. The number of aliphatic hydroxyl groups excluding tert-OH is 4. The molecule has 0 radical (unpaired) electrons. The van der Waals surface area contributed by atoms with Gasteiger partial charge in [0.1, 0.15) is 36.5 Å². The van der Waals surface area contributed by atoms with Crippen molar-refractivity contribution in [3.05, 3.63) is 60.0 Å². The van der Waals surface area contributed by atoms with Gasteiger partial charge in [-0.1, -0.05) is 24.3 Å². The van der Waals surface area contributed by atoms with Gasteiger partial charge in [0.15, 0.2) is 6.29 Å². The number of carboxylic acids is 1. The molecule has 10 atom stereocenters. The number of benzene rings is 1. The third kappa shape index (κ3) is 5.37. The molecule has 4 heterocycles. The third-order valence-corrected chi connectivity index (χ3v) is 8.23. The minimum absolute atomic E-state index is 0.174. The van der Waals surface area contributed by atoms with Crippen molar-refractivity contribution in [2.75, 3.05) is 13.7 Å². The number of quaternary nitrogens is 1. The first-order valence-electron chi connectivity index (χ1n) is 13.4. The molecule has 0 bridgehead atoms. The van der Waals surface area contributed by atoms with Crippen molar-refractivity contribution < 1.29 is 59.4 Å². The zero-order chi connectivity index (χ0) is 29.4. The van der Waals surface area contributed by atoms with E-state index in [1.807, 2.05) is 24.3 Å². The highest BCUT2D eigenvalue weighted by Crippen LogP contribution is 2.41. The molecule has 0 amide bonds. The fraction of sp³-hybridized carbons (Fsp3) is 0.500. The summed E-state index contributed by atoms with van der Waals surface area (Å²) in [5, 5.41) is 55.0. The van der Waals surface area contributed by atoms with Crippen molar-refractivity contribution in [1.29, 1.82) is 0 Å². The molecule has 0 spiro atoms. The maximum atomic E-state index is 12.8. The first-order chi connectivity index (χ1) is 19.7. The van der Waals surface area contributed by atoms with E-state index in [9.17, 15) is 35.1 Å². The lowest BCUT2D eigenvalue weighted by atomic mass is 9.77. The molecule has 13 heteroatoms. The summed E-state index contributed by atoms with van der Waals surface area (Å²) in [7, 11) is 1.23. The molecule has 13 nitrogen and oxygen atoms in total. The van der Waals surface area contributed by atoms with Crippen LogP contribution in [0, 0.1) is 11.8 Å². The Labute approximate surface area is 235 Å². The average molecular weight is 575 g/mol. The quantitative estimate of drug-likeness (QED) is 0.143. The topological polar surface area (TPSA) is 207 Å². The Morgan fingerprint density at radius 3 is 2.63 bits per heavy atom. The molecule has 1 unspecified atom stereocenters. The summed E-state index contributed by atoms with van der Waals surface area (Å²) in [6.07, 6.45) is -5.55. The number of carboxylic acid groups (broad SMARTS) is 1. The predicted molar refractivity (Wildman–Crippen MR) is 137 cm³/mol. The first-order valence-corrected chi connectivity index (χ1v) is 13.4. The smallest absolute Gasteiger partial charge is 0.337 e. The normalized spacial score (nSPS) is 35.2. The molecule has 5 rings (SSSR count). The molecular weight excluding hydrogens is 540 g/mol. The molecule has 41 heavy (non-hydrogen) atoms. The van der Waals surface area contributed by atoms with E-state index in [2.05, 4.69) is 11.6 Å². The summed E-state index contributed by atoms with van der Waals surface area (Å²) in [4.78, 5) is 28.3. The standard InChI is InChI=1S/C28H34N2O11/c1-3-12-14(8-18-21-15(9-19(29-18)25(35)36)13-6-4-5-7-17(13)30-21)16(26(37)38-2)11-39-27(12)41-28-24(34)23(33)22(32)20(10-31)40-28/h3-7,11-12,14,18-20,22-24,27-34H,1,8-10H2,2H3,(H,35,36)/t12-,14+,18+,19?,20+,22+,23-,24+,27+,28-/m1/s1. The Bertz CT molecular complexity index is 1320. The molecule has 1 saturated heterocycles. The average Bonchev–Trinajstić information content (AvgIpc) is 3.36. The predicted octanol–water partition coefficient (Wildman–Crippen LogP) is -2.51. The molecule has 2 aromatic rings. The first kappa shape index (κ1) is 29.2. The van der Waals surface area contributed by atoms with E-state index in [1.165, 1.54) is 19.4 Å². The number of hydrogen-bond donors (Lipinski definition) is 6. The Morgan fingerprint density at radius 2 is 1.95 bits per heavy atom. The lowest BCUT2D eigenvalue weighted by Gasteiger charge is -2.43. The van der Waals surface area contributed by atoms with Gasteiger partial charge in [-0.15, -0.1) is 6.58 Å². The number of carbonyl (C=O) groups excluding carboxylic acids is 2. The van der Waals surface area contributed by atoms with Crippen molar-refractivity contribution in [2.45, 2.75) is 61.9 Å². The fourth-order valence-electron chi connectivity index (χ4n) is 6.08. The molecule has 0 aliphatic carbocycles. The van der Waals surface area contributed by atoms with Crippen LogP contribution in [0.3, 0.4) is 0 Å². The summed E-state index contributed by atoms with van der Waals surface area (Å²) in [6.45, 7) is 3.26. The molecule has 1 aromatic heterocycles. The van der Waals surface area contributed by atoms with Crippen molar-refractivity contribution in [3.8, 4) is 0 Å². The summed E-state index contributed by atoms with van der Waals surface area (Å²) in [5.41, 5.74) is 2.72. The van der Waals surface area contributed by atoms with Gasteiger partial charge in [-0.25, -0.2) is 4.79 Å². The van der Waals surface area contributed by atoms with E-state index in [0.29, 0.717) is 0 Å². The number of ether oxygens (including phenoxy) is 4. The number of rotatable bonds is 8. The van der Waals surface area contributed by atoms with Crippen LogP contribution < -0.4 is 10.4 Å². The lowest BCUT2D eigenvalue weighted by molar-refractivity contribution is -0.726. The number of nitrogens with one attached hydrogen (secondary N) is 1. The summed E-state index contributed by atoms with van der Waals surface area (Å²) in [6, 6.07) is 6.28. The summed E-state index contributed by atoms with van der Waals surface area (Å²) < 4.78 is 22.1. The second kappa shape index (κ2) is 11.9. The van der Waals surface area contributed by atoms with Crippen molar-refractivity contribution >= 4 is 22.8 Å². The minimum Gasteiger partial charge on any atom is -0.544 e. The molecule has 1 fully saturated rings. The number of esters is 1. The molecule has 3 aliphatic heterocycles. The monoisotopic (exact) mass is 574 g/mol. The summed E-state index contributed by atoms with van der Waals surface area (Å²) >= 11 is 0. The van der Waals surface area contributed by atoms with Crippen LogP contribution in [0.4, 0.5) is 0 Å².